The van der Waals surface area contributed by atoms with E-state index in [2.05, 4.69) is 10.3 Å². The molecule has 1 amide bonds. The van der Waals surface area contributed by atoms with Gasteiger partial charge in [0.2, 0.25) is 11.9 Å². The Balaban J connectivity index is 1.73. The Hall–Kier alpha value is -1.65. The van der Waals surface area contributed by atoms with Gasteiger partial charge >= 0.3 is 0 Å². The first kappa shape index (κ1) is 11.8. The van der Waals surface area contributed by atoms with Gasteiger partial charge in [-0.1, -0.05) is 6.07 Å². The third-order valence-corrected chi connectivity index (χ3v) is 2.82. The normalized spacial score (nSPS) is 15.0. The summed E-state index contributed by atoms with van der Waals surface area (Å²) >= 11 is 0. The molecule has 1 aliphatic rings. The van der Waals surface area contributed by atoms with E-state index in [1.807, 2.05) is 4.90 Å². The van der Waals surface area contributed by atoms with Crippen molar-refractivity contribution in [1.82, 2.24) is 9.88 Å². The van der Waals surface area contributed by atoms with E-state index in [1.165, 1.54) is 6.07 Å². The lowest BCUT2D eigenvalue weighted by molar-refractivity contribution is -0.129. The van der Waals surface area contributed by atoms with Gasteiger partial charge in [-0.05, 0) is 25.0 Å². The standard InChI is InChI=1S/C12H16FN3O/c13-10-4-3-5-11(15-10)14-7-6-12(17)16-8-1-2-9-16/h3-5H,1-2,6-9H2,(H,14,15). The van der Waals surface area contributed by atoms with Gasteiger partial charge in [-0.2, -0.15) is 4.39 Å². The van der Waals surface area contributed by atoms with Gasteiger partial charge in [0.1, 0.15) is 5.82 Å². The summed E-state index contributed by atoms with van der Waals surface area (Å²) in [5, 5.41) is 2.94. The molecule has 2 heterocycles. The Morgan fingerprint density at radius 1 is 1.41 bits per heavy atom. The number of nitrogens with zero attached hydrogens (tertiary/aromatic N) is 2. The van der Waals surface area contributed by atoms with Crippen LogP contribution in [-0.4, -0.2) is 35.4 Å². The van der Waals surface area contributed by atoms with Crippen molar-refractivity contribution < 1.29 is 9.18 Å². The topological polar surface area (TPSA) is 45.2 Å². The molecule has 0 bridgehead atoms. The van der Waals surface area contributed by atoms with Crippen LogP contribution >= 0.6 is 0 Å². The monoisotopic (exact) mass is 237 g/mol. The van der Waals surface area contributed by atoms with Crippen LogP contribution in [0.5, 0.6) is 0 Å². The number of hydrogen-bond acceptors (Lipinski definition) is 3. The highest BCUT2D eigenvalue weighted by molar-refractivity contribution is 5.76. The lowest BCUT2D eigenvalue weighted by Crippen LogP contribution is -2.29. The molecule has 5 heteroatoms. The summed E-state index contributed by atoms with van der Waals surface area (Å²) in [5.74, 6) is 0.117. The Bertz CT molecular complexity index is 391. The molecule has 17 heavy (non-hydrogen) atoms. The van der Waals surface area contributed by atoms with Gasteiger partial charge in [-0.25, -0.2) is 4.98 Å². The summed E-state index contributed by atoms with van der Waals surface area (Å²) in [4.78, 5) is 17.2. The minimum atomic E-state index is -0.513. The Morgan fingerprint density at radius 2 is 2.18 bits per heavy atom. The van der Waals surface area contributed by atoms with E-state index >= 15 is 0 Å². The summed E-state index contributed by atoms with van der Waals surface area (Å²) in [7, 11) is 0. The van der Waals surface area contributed by atoms with Crippen LogP contribution in [0, 0.1) is 5.95 Å². The summed E-state index contributed by atoms with van der Waals surface area (Å²) in [5.41, 5.74) is 0. The molecule has 1 aromatic rings. The maximum atomic E-state index is 12.8. The predicted molar refractivity (Wildman–Crippen MR) is 63.1 cm³/mol. The molecule has 0 radical (unpaired) electrons. The van der Waals surface area contributed by atoms with Crippen molar-refractivity contribution in [2.75, 3.05) is 25.0 Å². The predicted octanol–water partition coefficient (Wildman–Crippen LogP) is 1.65. The van der Waals surface area contributed by atoms with Crippen LogP contribution in [0.2, 0.25) is 0 Å². The van der Waals surface area contributed by atoms with E-state index in [1.54, 1.807) is 12.1 Å². The average molecular weight is 237 g/mol. The molecular weight excluding hydrogens is 221 g/mol. The molecule has 0 saturated carbocycles. The fourth-order valence-corrected chi connectivity index (χ4v) is 1.93. The van der Waals surface area contributed by atoms with E-state index < -0.39 is 5.95 Å². The van der Waals surface area contributed by atoms with Crippen molar-refractivity contribution in [3.8, 4) is 0 Å². The van der Waals surface area contributed by atoms with Gasteiger partial charge < -0.3 is 10.2 Å². The fraction of sp³-hybridized carbons (Fsp3) is 0.500. The summed E-state index contributed by atoms with van der Waals surface area (Å²) in [6.45, 7) is 2.24. The van der Waals surface area contributed by atoms with Gasteiger partial charge in [-0.15, -0.1) is 0 Å². The van der Waals surface area contributed by atoms with Gasteiger partial charge in [0, 0.05) is 26.1 Å². The van der Waals surface area contributed by atoms with E-state index in [0.717, 1.165) is 25.9 Å². The SMILES string of the molecule is O=C(CCNc1cccc(F)n1)N1CCCC1. The minimum Gasteiger partial charge on any atom is -0.369 e. The maximum absolute atomic E-state index is 12.8. The second-order valence-corrected chi connectivity index (χ2v) is 4.11. The molecule has 0 aliphatic carbocycles. The zero-order chi connectivity index (χ0) is 12.1. The van der Waals surface area contributed by atoms with Crippen molar-refractivity contribution in [2.24, 2.45) is 0 Å². The van der Waals surface area contributed by atoms with Crippen LogP contribution in [0.15, 0.2) is 18.2 Å². The lowest BCUT2D eigenvalue weighted by atomic mass is 10.3. The van der Waals surface area contributed by atoms with E-state index in [0.29, 0.717) is 18.8 Å². The summed E-state index contributed by atoms with van der Waals surface area (Å²) in [6.07, 6.45) is 2.63. The number of rotatable bonds is 4. The first-order valence-corrected chi connectivity index (χ1v) is 5.90. The fourth-order valence-electron chi connectivity index (χ4n) is 1.93. The number of carbonyl (C=O) groups is 1. The Kier molecular flexibility index (Phi) is 3.90. The van der Waals surface area contributed by atoms with Gasteiger partial charge in [0.15, 0.2) is 0 Å². The van der Waals surface area contributed by atoms with Gasteiger partial charge in [-0.3, -0.25) is 4.79 Å². The van der Waals surface area contributed by atoms with Crippen molar-refractivity contribution in [3.05, 3.63) is 24.1 Å². The Labute approximate surface area is 99.8 Å². The molecule has 1 aromatic heterocycles. The molecule has 0 spiro atoms. The Morgan fingerprint density at radius 3 is 2.88 bits per heavy atom. The molecule has 0 unspecified atom stereocenters. The molecule has 1 aliphatic heterocycles. The number of likely N-dealkylation sites (tertiary alicyclic amines) is 1. The van der Waals surface area contributed by atoms with E-state index in [-0.39, 0.29) is 5.91 Å². The van der Waals surface area contributed by atoms with Crippen LogP contribution in [0.4, 0.5) is 10.2 Å². The number of aromatic nitrogens is 1. The van der Waals surface area contributed by atoms with Gasteiger partial charge in [0.05, 0.1) is 0 Å². The van der Waals surface area contributed by atoms with Crippen molar-refractivity contribution in [2.45, 2.75) is 19.3 Å². The highest BCUT2D eigenvalue weighted by atomic mass is 19.1. The van der Waals surface area contributed by atoms with Crippen LogP contribution in [0.1, 0.15) is 19.3 Å². The van der Waals surface area contributed by atoms with E-state index in [9.17, 15) is 9.18 Å². The zero-order valence-corrected chi connectivity index (χ0v) is 9.66. The first-order chi connectivity index (χ1) is 8.25. The zero-order valence-electron chi connectivity index (χ0n) is 9.66. The van der Waals surface area contributed by atoms with Crippen LogP contribution < -0.4 is 5.32 Å². The smallest absolute Gasteiger partial charge is 0.224 e. The van der Waals surface area contributed by atoms with Crippen LogP contribution in [0.3, 0.4) is 0 Å². The molecule has 0 atom stereocenters. The molecular formula is C12H16FN3O. The highest BCUT2D eigenvalue weighted by Gasteiger charge is 2.16. The van der Waals surface area contributed by atoms with Crippen molar-refractivity contribution in [3.63, 3.8) is 0 Å². The highest BCUT2D eigenvalue weighted by Crippen LogP contribution is 2.09. The number of pyridine rings is 1. The largest absolute Gasteiger partial charge is 0.369 e. The maximum Gasteiger partial charge on any atom is 0.224 e. The third-order valence-electron chi connectivity index (χ3n) is 2.82. The molecule has 0 aromatic carbocycles. The van der Waals surface area contributed by atoms with Crippen molar-refractivity contribution in [1.29, 1.82) is 0 Å². The van der Waals surface area contributed by atoms with E-state index in [4.69, 9.17) is 0 Å². The number of anilines is 1. The number of hydrogen-bond donors (Lipinski definition) is 1. The quantitative estimate of drug-likeness (QED) is 0.810. The number of amides is 1. The molecule has 1 saturated heterocycles. The lowest BCUT2D eigenvalue weighted by Gasteiger charge is -2.15. The molecule has 92 valence electrons. The second-order valence-electron chi connectivity index (χ2n) is 4.11. The van der Waals surface area contributed by atoms with Crippen LogP contribution in [-0.2, 0) is 4.79 Å². The van der Waals surface area contributed by atoms with Gasteiger partial charge in [0.25, 0.3) is 0 Å². The summed E-state index contributed by atoms with van der Waals surface area (Å²) < 4.78 is 12.8. The number of nitrogens with one attached hydrogen (secondary N) is 1. The second kappa shape index (κ2) is 5.61. The van der Waals surface area contributed by atoms with Crippen molar-refractivity contribution >= 4 is 11.7 Å². The summed E-state index contributed by atoms with van der Waals surface area (Å²) in [6, 6.07) is 4.57. The molecule has 2 rings (SSSR count). The average Bonchev–Trinajstić information content (AvgIpc) is 2.82. The minimum absolute atomic E-state index is 0.159. The first-order valence-electron chi connectivity index (χ1n) is 5.90. The molecule has 4 nitrogen and oxygen atoms in total. The molecule has 1 N–H and O–H groups in total. The third kappa shape index (κ3) is 3.41. The number of carbonyl (C=O) groups excluding carboxylic acids is 1. The molecule has 1 fully saturated rings. The van der Waals surface area contributed by atoms with Crippen LogP contribution in [0.25, 0.3) is 0 Å². The number of halogens is 1.